The van der Waals surface area contributed by atoms with E-state index in [9.17, 15) is 23.9 Å². The van der Waals surface area contributed by atoms with E-state index in [4.69, 9.17) is 11.6 Å². The van der Waals surface area contributed by atoms with E-state index in [1.54, 1.807) is 23.1 Å². The van der Waals surface area contributed by atoms with Gasteiger partial charge in [-0.15, -0.1) is 0 Å². The van der Waals surface area contributed by atoms with Crippen LogP contribution in [0.2, 0.25) is 5.02 Å². The van der Waals surface area contributed by atoms with Crippen LogP contribution in [0.4, 0.5) is 4.39 Å². The van der Waals surface area contributed by atoms with Crippen molar-refractivity contribution in [1.29, 1.82) is 0 Å². The summed E-state index contributed by atoms with van der Waals surface area (Å²) in [7, 11) is 0. The first-order valence-electron chi connectivity index (χ1n) is 10.7. The number of hydrogen-bond acceptors (Lipinski definition) is 4. The van der Waals surface area contributed by atoms with Crippen LogP contribution in [0.5, 0.6) is 0 Å². The maximum Gasteiger partial charge on any atom is 0.268 e. The van der Waals surface area contributed by atoms with Crippen molar-refractivity contribution in [2.45, 2.75) is 25.0 Å². The Labute approximate surface area is 193 Å². The standard InChI is InChI=1S/C24H21ClFN3O4/c25-15-1-3-17-19(12-15)29-10-7-27-22(31)21(29)20(17)23(32)28-8-5-24(33,6-9-28)18-4-2-16(26)11-14(18)13-30/h1-4,11-13,33H,5-10H2,(H,27,31). The fraction of sp³-hybridized carbons (Fsp3) is 0.292. The zero-order chi connectivity index (χ0) is 23.3. The van der Waals surface area contributed by atoms with Gasteiger partial charge in [0.25, 0.3) is 11.8 Å². The first-order valence-corrected chi connectivity index (χ1v) is 11.1. The average molecular weight is 470 g/mol. The topological polar surface area (TPSA) is 91.6 Å². The van der Waals surface area contributed by atoms with Crippen LogP contribution in [-0.2, 0) is 12.1 Å². The third kappa shape index (κ3) is 3.50. The van der Waals surface area contributed by atoms with Crippen molar-refractivity contribution in [3.05, 3.63) is 69.6 Å². The zero-order valence-electron chi connectivity index (χ0n) is 17.6. The Kier molecular flexibility index (Phi) is 5.22. The van der Waals surface area contributed by atoms with Crippen molar-refractivity contribution >= 4 is 40.6 Å². The van der Waals surface area contributed by atoms with Gasteiger partial charge in [0.1, 0.15) is 11.5 Å². The average Bonchev–Trinajstić information content (AvgIpc) is 3.13. The summed E-state index contributed by atoms with van der Waals surface area (Å²) < 4.78 is 15.4. The number of nitrogens with one attached hydrogen (secondary N) is 1. The fourth-order valence-corrected chi connectivity index (χ4v) is 5.10. The van der Waals surface area contributed by atoms with Crippen LogP contribution in [0, 0.1) is 5.82 Å². The Bertz CT molecular complexity index is 1310. The molecule has 9 heteroatoms. The van der Waals surface area contributed by atoms with E-state index in [0.29, 0.717) is 46.6 Å². The molecule has 2 aliphatic rings. The van der Waals surface area contributed by atoms with E-state index < -0.39 is 11.4 Å². The van der Waals surface area contributed by atoms with Gasteiger partial charge in [-0.25, -0.2) is 4.39 Å². The van der Waals surface area contributed by atoms with Gasteiger partial charge in [-0.2, -0.15) is 0 Å². The minimum Gasteiger partial charge on any atom is -0.385 e. The molecule has 0 aliphatic carbocycles. The monoisotopic (exact) mass is 469 g/mol. The molecule has 33 heavy (non-hydrogen) atoms. The molecule has 0 saturated carbocycles. The third-order valence-electron chi connectivity index (χ3n) is 6.60. The number of aldehydes is 1. The molecule has 0 radical (unpaired) electrons. The summed E-state index contributed by atoms with van der Waals surface area (Å²) >= 11 is 6.17. The number of carbonyl (C=O) groups excluding carboxylic acids is 3. The molecule has 0 unspecified atom stereocenters. The lowest BCUT2D eigenvalue weighted by Gasteiger charge is -2.39. The molecular formula is C24H21ClFN3O4. The minimum absolute atomic E-state index is 0.0957. The Morgan fingerprint density at radius 3 is 2.64 bits per heavy atom. The maximum absolute atomic E-state index is 13.6. The Morgan fingerprint density at radius 1 is 1.15 bits per heavy atom. The molecule has 1 fully saturated rings. The number of carbonyl (C=O) groups is 3. The Hall–Kier alpha value is -3.23. The van der Waals surface area contributed by atoms with Crippen molar-refractivity contribution in [1.82, 2.24) is 14.8 Å². The Morgan fingerprint density at radius 2 is 1.91 bits per heavy atom. The largest absolute Gasteiger partial charge is 0.385 e. The minimum atomic E-state index is -1.35. The molecule has 0 atom stereocenters. The molecular weight excluding hydrogens is 449 g/mol. The second-order valence-electron chi connectivity index (χ2n) is 8.47. The van der Waals surface area contributed by atoms with Gasteiger partial charge in [0.2, 0.25) is 0 Å². The predicted molar refractivity (Wildman–Crippen MR) is 120 cm³/mol. The smallest absolute Gasteiger partial charge is 0.268 e. The molecule has 7 nitrogen and oxygen atoms in total. The quantitative estimate of drug-likeness (QED) is 0.576. The molecule has 5 rings (SSSR count). The molecule has 2 amide bonds. The predicted octanol–water partition coefficient (Wildman–Crippen LogP) is 3.11. The summed E-state index contributed by atoms with van der Waals surface area (Å²) in [6, 6.07) is 8.92. The lowest BCUT2D eigenvalue weighted by atomic mass is 9.82. The van der Waals surface area contributed by atoms with Crippen molar-refractivity contribution in [2.24, 2.45) is 0 Å². The lowest BCUT2D eigenvalue weighted by molar-refractivity contribution is -0.0215. The van der Waals surface area contributed by atoms with Gasteiger partial charge in [0, 0.05) is 42.2 Å². The highest BCUT2D eigenvalue weighted by atomic mass is 35.5. The van der Waals surface area contributed by atoms with Crippen LogP contribution in [0.15, 0.2) is 36.4 Å². The van der Waals surface area contributed by atoms with E-state index in [2.05, 4.69) is 5.32 Å². The van der Waals surface area contributed by atoms with Crippen molar-refractivity contribution < 1.29 is 23.9 Å². The van der Waals surface area contributed by atoms with Crippen LogP contribution in [-0.4, -0.2) is 52.3 Å². The summed E-state index contributed by atoms with van der Waals surface area (Å²) in [6.07, 6.45) is 0.881. The summed E-state index contributed by atoms with van der Waals surface area (Å²) in [4.78, 5) is 39.3. The summed E-state index contributed by atoms with van der Waals surface area (Å²) in [5.74, 6) is -1.17. The van der Waals surface area contributed by atoms with Crippen molar-refractivity contribution in [3.63, 3.8) is 0 Å². The number of likely N-dealkylation sites (tertiary alicyclic amines) is 1. The molecule has 3 aromatic rings. The van der Waals surface area contributed by atoms with Gasteiger partial charge in [-0.3, -0.25) is 14.4 Å². The molecule has 1 saturated heterocycles. The second kappa shape index (κ2) is 7.97. The highest BCUT2D eigenvalue weighted by Gasteiger charge is 2.39. The number of hydrogen-bond donors (Lipinski definition) is 2. The molecule has 0 bridgehead atoms. The molecule has 170 valence electrons. The van der Waals surface area contributed by atoms with Gasteiger partial charge in [0.15, 0.2) is 6.29 Å². The molecule has 2 aliphatic heterocycles. The number of aromatic nitrogens is 1. The third-order valence-corrected chi connectivity index (χ3v) is 6.83. The molecule has 2 aromatic carbocycles. The summed E-state index contributed by atoms with van der Waals surface area (Å²) in [6.45, 7) is 1.42. The number of halogens is 2. The number of fused-ring (bicyclic) bond motifs is 3. The number of nitrogens with zero attached hydrogens (tertiary/aromatic N) is 2. The maximum atomic E-state index is 13.6. The van der Waals surface area contributed by atoms with Gasteiger partial charge in [-0.1, -0.05) is 23.7 Å². The molecule has 1 aromatic heterocycles. The van der Waals surface area contributed by atoms with Crippen LogP contribution >= 0.6 is 11.6 Å². The van der Waals surface area contributed by atoms with Crippen molar-refractivity contribution in [3.8, 4) is 0 Å². The van der Waals surface area contributed by atoms with Crippen molar-refractivity contribution in [2.75, 3.05) is 19.6 Å². The first-order chi connectivity index (χ1) is 15.8. The van der Waals surface area contributed by atoms with E-state index >= 15 is 0 Å². The van der Waals surface area contributed by atoms with Crippen LogP contribution < -0.4 is 5.32 Å². The summed E-state index contributed by atoms with van der Waals surface area (Å²) in [5.41, 5.74) is 0.454. The number of piperidine rings is 1. The molecule has 0 spiro atoms. The van der Waals surface area contributed by atoms with Crippen LogP contribution in [0.1, 0.15) is 49.6 Å². The van der Waals surface area contributed by atoms with E-state index in [1.807, 2.05) is 4.57 Å². The van der Waals surface area contributed by atoms with E-state index in [1.165, 1.54) is 12.1 Å². The van der Waals surface area contributed by atoms with Gasteiger partial charge < -0.3 is 19.9 Å². The highest BCUT2D eigenvalue weighted by molar-refractivity contribution is 6.31. The number of benzene rings is 2. The normalized spacial score (nSPS) is 17.5. The zero-order valence-corrected chi connectivity index (χ0v) is 18.4. The SMILES string of the molecule is O=Cc1cc(F)ccc1C1(O)CCN(C(=O)c2c3n(c4cc(Cl)ccc24)CCNC3=O)CC1. The molecule has 2 N–H and O–H groups in total. The number of rotatable bonds is 3. The van der Waals surface area contributed by atoms with Gasteiger partial charge in [0.05, 0.1) is 16.7 Å². The van der Waals surface area contributed by atoms with Crippen LogP contribution in [0.25, 0.3) is 10.9 Å². The van der Waals surface area contributed by atoms with Gasteiger partial charge >= 0.3 is 0 Å². The summed E-state index contributed by atoms with van der Waals surface area (Å²) in [5, 5.41) is 15.2. The van der Waals surface area contributed by atoms with E-state index in [0.717, 1.165) is 11.6 Å². The number of amides is 2. The lowest BCUT2D eigenvalue weighted by Crippen LogP contribution is -2.46. The second-order valence-corrected chi connectivity index (χ2v) is 8.90. The van der Waals surface area contributed by atoms with E-state index in [-0.39, 0.29) is 43.3 Å². The highest BCUT2D eigenvalue weighted by Crippen LogP contribution is 2.37. The molecule has 3 heterocycles. The first kappa shape index (κ1) is 21.6. The Balaban J connectivity index is 1.48. The van der Waals surface area contributed by atoms with Crippen LogP contribution in [0.3, 0.4) is 0 Å². The van der Waals surface area contributed by atoms with Gasteiger partial charge in [-0.05, 0) is 42.7 Å². The number of aliphatic hydroxyl groups is 1. The fourth-order valence-electron chi connectivity index (χ4n) is 4.93.